The molecule has 4 aromatic rings. The molecule has 0 N–H and O–H groups in total. The molecule has 1 saturated carbocycles. The lowest BCUT2D eigenvalue weighted by molar-refractivity contribution is 0.566. The smallest absolute Gasteiger partial charge is 0.155 e. The summed E-state index contributed by atoms with van der Waals surface area (Å²) in [6.45, 7) is 4.16. The SMILES string of the molecule is Cc1nccn1[C@@H](C)c1nc(C2CC2)nn1-c1cccc2cccnc12. The third kappa shape index (κ3) is 2.41. The number of imidazole rings is 1. The van der Waals surface area contributed by atoms with Crippen LogP contribution in [0.5, 0.6) is 0 Å². The first kappa shape index (κ1) is 15.3. The quantitative estimate of drug-likeness (QED) is 0.565. The van der Waals surface area contributed by atoms with E-state index in [9.17, 15) is 0 Å². The van der Waals surface area contributed by atoms with Crippen molar-refractivity contribution in [2.24, 2.45) is 0 Å². The number of hydrogen-bond donors (Lipinski definition) is 0. The Hall–Kier alpha value is -3.02. The summed E-state index contributed by atoms with van der Waals surface area (Å²) in [7, 11) is 0. The lowest BCUT2D eigenvalue weighted by Crippen LogP contribution is -2.14. The Morgan fingerprint density at radius 2 is 1.92 bits per heavy atom. The molecule has 1 aliphatic rings. The summed E-state index contributed by atoms with van der Waals surface area (Å²) in [6, 6.07) is 10.3. The van der Waals surface area contributed by atoms with E-state index in [4.69, 9.17) is 10.1 Å². The second-order valence-electron chi connectivity index (χ2n) is 6.92. The Morgan fingerprint density at radius 3 is 2.69 bits per heavy atom. The predicted octanol–water partition coefficient (Wildman–Crippen LogP) is 3.81. The Morgan fingerprint density at radius 1 is 1.08 bits per heavy atom. The second kappa shape index (κ2) is 5.76. The van der Waals surface area contributed by atoms with E-state index in [1.54, 1.807) is 0 Å². The van der Waals surface area contributed by atoms with E-state index in [2.05, 4.69) is 45.7 Å². The molecule has 26 heavy (non-hydrogen) atoms. The van der Waals surface area contributed by atoms with Crippen LogP contribution in [0.2, 0.25) is 0 Å². The number of rotatable bonds is 4. The zero-order valence-electron chi connectivity index (χ0n) is 14.9. The number of pyridine rings is 1. The van der Waals surface area contributed by atoms with Gasteiger partial charge in [0, 0.05) is 29.9 Å². The first-order valence-corrected chi connectivity index (χ1v) is 9.03. The molecule has 1 fully saturated rings. The molecule has 0 aliphatic heterocycles. The summed E-state index contributed by atoms with van der Waals surface area (Å²) < 4.78 is 4.11. The molecule has 130 valence electrons. The number of benzene rings is 1. The average molecular weight is 344 g/mol. The molecular weight excluding hydrogens is 324 g/mol. The summed E-state index contributed by atoms with van der Waals surface area (Å²) in [5, 5.41) is 5.99. The maximum atomic E-state index is 4.93. The lowest BCUT2D eigenvalue weighted by Gasteiger charge is -2.16. The van der Waals surface area contributed by atoms with E-state index in [0.717, 1.165) is 34.1 Å². The van der Waals surface area contributed by atoms with Crippen LogP contribution in [0.15, 0.2) is 48.9 Å². The van der Waals surface area contributed by atoms with Gasteiger partial charge in [-0.15, -0.1) is 0 Å². The van der Waals surface area contributed by atoms with Gasteiger partial charge in [-0.1, -0.05) is 18.2 Å². The maximum absolute atomic E-state index is 4.93. The molecule has 0 unspecified atom stereocenters. The fourth-order valence-corrected chi connectivity index (χ4v) is 3.48. The molecule has 3 aromatic heterocycles. The number of nitrogens with zero attached hydrogens (tertiary/aromatic N) is 6. The highest BCUT2D eigenvalue weighted by atomic mass is 15.4. The van der Waals surface area contributed by atoms with Gasteiger partial charge >= 0.3 is 0 Å². The van der Waals surface area contributed by atoms with Gasteiger partial charge in [-0.2, -0.15) is 5.10 Å². The first-order chi connectivity index (χ1) is 12.7. The van der Waals surface area contributed by atoms with E-state index in [1.165, 1.54) is 12.8 Å². The van der Waals surface area contributed by atoms with Gasteiger partial charge in [-0.05, 0) is 38.8 Å². The number of hydrogen-bond acceptors (Lipinski definition) is 4. The zero-order valence-corrected chi connectivity index (χ0v) is 14.9. The molecule has 0 spiro atoms. The number of aryl methyl sites for hydroxylation is 1. The van der Waals surface area contributed by atoms with Crippen molar-refractivity contribution in [2.75, 3.05) is 0 Å². The number of para-hydroxylation sites is 1. The van der Waals surface area contributed by atoms with Crippen molar-refractivity contribution in [1.82, 2.24) is 29.3 Å². The van der Waals surface area contributed by atoms with Crippen LogP contribution in [-0.2, 0) is 0 Å². The van der Waals surface area contributed by atoms with Gasteiger partial charge in [0.15, 0.2) is 11.6 Å². The minimum Gasteiger partial charge on any atom is -0.325 e. The number of aromatic nitrogens is 6. The highest BCUT2D eigenvalue weighted by molar-refractivity contribution is 5.86. The van der Waals surface area contributed by atoms with E-state index in [1.807, 2.05) is 36.3 Å². The van der Waals surface area contributed by atoms with E-state index >= 15 is 0 Å². The van der Waals surface area contributed by atoms with Gasteiger partial charge in [0.05, 0.1) is 17.2 Å². The van der Waals surface area contributed by atoms with Crippen molar-refractivity contribution in [3.05, 3.63) is 66.4 Å². The van der Waals surface area contributed by atoms with Gasteiger partial charge in [-0.25, -0.2) is 14.6 Å². The highest BCUT2D eigenvalue weighted by Gasteiger charge is 2.31. The fraction of sp³-hybridized carbons (Fsp3) is 0.300. The van der Waals surface area contributed by atoms with Crippen LogP contribution >= 0.6 is 0 Å². The van der Waals surface area contributed by atoms with Crippen molar-refractivity contribution in [1.29, 1.82) is 0 Å². The van der Waals surface area contributed by atoms with E-state index in [-0.39, 0.29) is 6.04 Å². The summed E-state index contributed by atoms with van der Waals surface area (Å²) in [5.74, 6) is 3.33. The third-order valence-electron chi connectivity index (χ3n) is 5.08. The molecule has 0 bridgehead atoms. The van der Waals surface area contributed by atoms with Gasteiger partial charge in [0.2, 0.25) is 0 Å². The third-order valence-corrected chi connectivity index (χ3v) is 5.08. The van der Waals surface area contributed by atoms with Crippen molar-refractivity contribution >= 4 is 10.9 Å². The zero-order chi connectivity index (χ0) is 17.7. The van der Waals surface area contributed by atoms with Crippen LogP contribution in [0.1, 0.15) is 49.2 Å². The topological polar surface area (TPSA) is 61.4 Å². The van der Waals surface area contributed by atoms with Crippen LogP contribution in [0.4, 0.5) is 0 Å². The summed E-state index contributed by atoms with van der Waals surface area (Å²) in [5.41, 5.74) is 1.92. The van der Waals surface area contributed by atoms with E-state index < -0.39 is 0 Å². The fourth-order valence-electron chi connectivity index (χ4n) is 3.48. The highest BCUT2D eigenvalue weighted by Crippen LogP contribution is 2.39. The van der Waals surface area contributed by atoms with Crippen molar-refractivity contribution < 1.29 is 0 Å². The summed E-state index contributed by atoms with van der Waals surface area (Å²) in [4.78, 5) is 13.9. The largest absolute Gasteiger partial charge is 0.325 e. The summed E-state index contributed by atoms with van der Waals surface area (Å²) in [6.07, 6.45) is 8.00. The number of fused-ring (bicyclic) bond motifs is 1. The Balaban J connectivity index is 1.72. The molecule has 6 heteroatoms. The lowest BCUT2D eigenvalue weighted by atomic mass is 10.2. The van der Waals surface area contributed by atoms with Gasteiger partial charge < -0.3 is 4.57 Å². The summed E-state index contributed by atoms with van der Waals surface area (Å²) >= 11 is 0. The minimum atomic E-state index is 0.0384. The molecule has 0 radical (unpaired) electrons. The molecule has 6 nitrogen and oxygen atoms in total. The molecule has 3 heterocycles. The van der Waals surface area contributed by atoms with Crippen molar-refractivity contribution in [3.63, 3.8) is 0 Å². The molecule has 0 amide bonds. The first-order valence-electron chi connectivity index (χ1n) is 9.03. The molecule has 5 rings (SSSR count). The second-order valence-corrected chi connectivity index (χ2v) is 6.92. The molecule has 0 saturated heterocycles. The molecule has 1 aliphatic carbocycles. The van der Waals surface area contributed by atoms with Gasteiger partial charge in [-0.3, -0.25) is 4.98 Å². The maximum Gasteiger partial charge on any atom is 0.155 e. The Labute approximate surface area is 151 Å². The standard InChI is InChI=1S/C20H20N6/c1-13(25-12-11-21-14(25)2)20-23-19(16-8-9-16)24-26(20)17-7-3-5-15-6-4-10-22-18(15)17/h3-7,10-13,16H,8-9H2,1-2H3/t13-/m0/s1. The van der Waals surface area contributed by atoms with Crippen LogP contribution in [0, 0.1) is 6.92 Å². The van der Waals surface area contributed by atoms with E-state index in [0.29, 0.717) is 5.92 Å². The minimum absolute atomic E-state index is 0.0384. The van der Waals surface area contributed by atoms with Crippen molar-refractivity contribution in [2.45, 2.75) is 38.6 Å². The molecule has 1 aromatic carbocycles. The van der Waals surface area contributed by atoms with Gasteiger partial charge in [0.25, 0.3) is 0 Å². The Bertz CT molecular complexity index is 1080. The predicted molar refractivity (Wildman–Crippen MR) is 99.4 cm³/mol. The monoisotopic (exact) mass is 344 g/mol. The normalized spacial score (nSPS) is 15.5. The van der Waals surface area contributed by atoms with Gasteiger partial charge in [0.1, 0.15) is 5.82 Å². The van der Waals surface area contributed by atoms with Crippen LogP contribution < -0.4 is 0 Å². The average Bonchev–Trinajstić information content (AvgIpc) is 3.28. The molecular formula is C20H20N6. The molecule has 1 atom stereocenters. The van der Waals surface area contributed by atoms with Crippen LogP contribution in [0.3, 0.4) is 0 Å². The van der Waals surface area contributed by atoms with Crippen molar-refractivity contribution in [3.8, 4) is 5.69 Å². The van der Waals surface area contributed by atoms with Crippen LogP contribution in [0.25, 0.3) is 16.6 Å². The Kier molecular flexibility index (Phi) is 3.38. The van der Waals surface area contributed by atoms with Crippen LogP contribution in [-0.4, -0.2) is 29.3 Å².